The fraction of sp³-hybridized carbons (Fsp3) is 0.0588. The minimum atomic E-state index is 0.136. The molecule has 21 heavy (non-hydrogen) atoms. The molecule has 0 fully saturated rings. The Hall–Kier alpha value is -1.71. The minimum Gasteiger partial charge on any atom is -0.506 e. The monoisotopic (exact) mass is 361 g/mol. The average Bonchev–Trinajstić information content (AvgIpc) is 2.49. The molecule has 0 saturated carbocycles. The first-order valence-electron chi connectivity index (χ1n) is 6.53. The van der Waals surface area contributed by atoms with Gasteiger partial charge in [-0.1, -0.05) is 51.8 Å². The largest absolute Gasteiger partial charge is 0.506 e. The smallest absolute Gasteiger partial charge is 0.139 e. The second-order valence-corrected chi connectivity index (χ2v) is 6.13. The van der Waals surface area contributed by atoms with Crippen LogP contribution < -0.4 is 5.32 Å². The maximum absolute atomic E-state index is 9.90. The molecular formula is C17H13BrClNO. The summed E-state index contributed by atoms with van der Waals surface area (Å²) in [5.41, 5.74) is 1.78. The predicted molar refractivity (Wildman–Crippen MR) is 92.1 cm³/mol. The SMILES string of the molecule is Oc1c(Cl)cccc1CNc1ccc2cc(Br)ccc2c1. The summed E-state index contributed by atoms with van der Waals surface area (Å²) in [6.07, 6.45) is 0. The van der Waals surface area contributed by atoms with Gasteiger partial charge in [-0.15, -0.1) is 0 Å². The van der Waals surface area contributed by atoms with Crippen molar-refractivity contribution in [1.82, 2.24) is 0 Å². The van der Waals surface area contributed by atoms with Gasteiger partial charge in [0.05, 0.1) is 5.02 Å². The summed E-state index contributed by atoms with van der Waals surface area (Å²) in [7, 11) is 0. The van der Waals surface area contributed by atoms with Crippen molar-refractivity contribution in [3.05, 3.63) is 69.7 Å². The molecule has 0 amide bonds. The third-order valence-electron chi connectivity index (χ3n) is 3.36. The van der Waals surface area contributed by atoms with Crippen molar-refractivity contribution in [2.24, 2.45) is 0 Å². The molecule has 106 valence electrons. The van der Waals surface area contributed by atoms with E-state index in [1.807, 2.05) is 24.3 Å². The second-order valence-electron chi connectivity index (χ2n) is 4.81. The summed E-state index contributed by atoms with van der Waals surface area (Å²) < 4.78 is 1.07. The van der Waals surface area contributed by atoms with Gasteiger partial charge in [-0.05, 0) is 41.1 Å². The lowest BCUT2D eigenvalue weighted by Crippen LogP contribution is -1.99. The molecule has 0 atom stereocenters. The summed E-state index contributed by atoms with van der Waals surface area (Å²) in [5, 5.41) is 15.9. The number of halogens is 2. The molecule has 2 N–H and O–H groups in total. The maximum atomic E-state index is 9.90. The normalized spacial score (nSPS) is 10.8. The van der Waals surface area contributed by atoms with E-state index in [2.05, 4.69) is 45.5 Å². The number of benzene rings is 3. The van der Waals surface area contributed by atoms with Crippen molar-refractivity contribution in [2.75, 3.05) is 5.32 Å². The van der Waals surface area contributed by atoms with Gasteiger partial charge in [-0.2, -0.15) is 0 Å². The Morgan fingerprint density at radius 1 is 1.00 bits per heavy atom. The summed E-state index contributed by atoms with van der Waals surface area (Å²) >= 11 is 9.38. The Morgan fingerprint density at radius 2 is 1.76 bits per heavy atom. The molecule has 0 aliphatic carbocycles. The Bertz CT molecular complexity index is 804. The van der Waals surface area contributed by atoms with Crippen LogP contribution in [0.5, 0.6) is 5.75 Å². The van der Waals surface area contributed by atoms with Crippen LogP contribution in [0.15, 0.2) is 59.1 Å². The van der Waals surface area contributed by atoms with E-state index in [0.29, 0.717) is 11.6 Å². The molecule has 0 bridgehead atoms. The van der Waals surface area contributed by atoms with Crippen molar-refractivity contribution < 1.29 is 5.11 Å². The van der Waals surface area contributed by atoms with Crippen LogP contribution in [0.4, 0.5) is 5.69 Å². The molecule has 4 heteroatoms. The van der Waals surface area contributed by atoms with Crippen LogP contribution in [0.25, 0.3) is 10.8 Å². The van der Waals surface area contributed by atoms with Gasteiger partial charge in [0.25, 0.3) is 0 Å². The number of phenolic OH excluding ortho intramolecular Hbond substituents is 1. The molecule has 3 aromatic rings. The topological polar surface area (TPSA) is 32.3 Å². The highest BCUT2D eigenvalue weighted by molar-refractivity contribution is 9.10. The standard InChI is InChI=1S/C17H13BrClNO/c18-14-6-4-12-9-15(7-5-11(12)8-14)20-10-13-2-1-3-16(19)17(13)21/h1-9,20-21H,10H2. The van der Waals surface area contributed by atoms with Crippen LogP contribution in [0.2, 0.25) is 5.02 Å². The number of anilines is 1. The van der Waals surface area contributed by atoms with Crippen LogP contribution in [-0.2, 0) is 6.54 Å². The molecule has 0 unspecified atom stereocenters. The molecular weight excluding hydrogens is 350 g/mol. The number of nitrogens with one attached hydrogen (secondary N) is 1. The Balaban J connectivity index is 1.82. The molecule has 0 spiro atoms. The molecule has 0 aliphatic heterocycles. The van der Waals surface area contributed by atoms with E-state index in [1.165, 1.54) is 10.8 Å². The third kappa shape index (κ3) is 3.14. The fourth-order valence-electron chi connectivity index (χ4n) is 2.23. The first kappa shape index (κ1) is 14.2. The average molecular weight is 363 g/mol. The van der Waals surface area contributed by atoms with E-state index in [9.17, 15) is 5.11 Å². The number of rotatable bonds is 3. The van der Waals surface area contributed by atoms with Gasteiger partial charge in [-0.25, -0.2) is 0 Å². The van der Waals surface area contributed by atoms with E-state index in [1.54, 1.807) is 6.07 Å². The minimum absolute atomic E-state index is 0.136. The number of fused-ring (bicyclic) bond motifs is 1. The van der Waals surface area contributed by atoms with Crippen LogP contribution in [-0.4, -0.2) is 5.11 Å². The van der Waals surface area contributed by atoms with E-state index in [-0.39, 0.29) is 5.75 Å². The van der Waals surface area contributed by atoms with Gasteiger partial charge in [0.15, 0.2) is 0 Å². The number of phenols is 1. The molecule has 2 nitrogen and oxygen atoms in total. The lowest BCUT2D eigenvalue weighted by Gasteiger charge is -2.10. The molecule has 0 aliphatic rings. The van der Waals surface area contributed by atoms with E-state index in [4.69, 9.17) is 11.6 Å². The van der Waals surface area contributed by atoms with Crippen LogP contribution >= 0.6 is 27.5 Å². The molecule has 0 aromatic heterocycles. The van der Waals surface area contributed by atoms with Crippen molar-refractivity contribution in [1.29, 1.82) is 0 Å². The summed E-state index contributed by atoms with van der Waals surface area (Å²) in [6, 6.07) is 17.7. The maximum Gasteiger partial charge on any atom is 0.139 e. The third-order valence-corrected chi connectivity index (χ3v) is 4.15. The lowest BCUT2D eigenvalue weighted by atomic mass is 10.1. The summed E-state index contributed by atoms with van der Waals surface area (Å²) in [5.74, 6) is 0.136. The zero-order valence-electron chi connectivity index (χ0n) is 11.1. The van der Waals surface area contributed by atoms with E-state index >= 15 is 0 Å². The summed E-state index contributed by atoms with van der Waals surface area (Å²) in [6.45, 7) is 0.522. The van der Waals surface area contributed by atoms with Crippen molar-refractivity contribution in [3.8, 4) is 5.75 Å². The second kappa shape index (κ2) is 5.96. The van der Waals surface area contributed by atoms with Gasteiger partial charge < -0.3 is 10.4 Å². The van der Waals surface area contributed by atoms with Gasteiger partial charge in [0.2, 0.25) is 0 Å². The van der Waals surface area contributed by atoms with Gasteiger partial charge in [0, 0.05) is 22.3 Å². The fourth-order valence-corrected chi connectivity index (χ4v) is 2.80. The first-order chi connectivity index (χ1) is 10.1. The number of hydrogen-bond acceptors (Lipinski definition) is 2. The highest BCUT2D eigenvalue weighted by Crippen LogP contribution is 2.28. The molecule has 3 aromatic carbocycles. The number of aromatic hydroxyl groups is 1. The van der Waals surface area contributed by atoms with Gasteiger partial charge >= 0.3 is 0 Å². The zero-order valence-corrected chi connectivity index (χ0v) is 13.4. The van der Waals surface area contributed by atoms with Crippen molar-refractivity contribution >= 4 is 44.0 Å². The van der Waals surface area contributed by atoms with Crippen LogP contribution in [0.3, 0.4) is 0 Å². The van der Waals surface area contributed by atoms with Crippen LogP contribution in [0.1, 0.15) is 5.56 Å². The van der Waals surface area contributed by atoms with Gasteiger partial charge in [0.1, 0.15) is 5.75 Å². The van der Waals surface area contributed by atoms with Gasteiger partial charge in [-0.3, -0.25) is 0 Å². The highest BCUT2D eigenvalue weighted by atomic mass is 79.9. The zero-order chi connectivity index (χ0) is 14.8. The lowest BCUT2D eigenvalue weighted by molar-refractivity contribution is 0.469. The molecule has 0 heterocycles. The van der Waals surface area contributed by atoms with Crippen molar-refractivity contribution in [3.63, 3.8) is 0 Å². The summed E-state index contributed by atoms with van der Waals surface area (Å²) in [4.78, 5) is 0. The Morgan fingerprint density at radius 3 is 2.62 bits per heavy atom. The Kier molecular flexibility index (Phi) is 4.04. The quantitative estimate of drug-likeness (QED) is 0.638. The molecule has 0 radical (unpaired) electrons. The van der Waals surface area contributed by atoms with E-state index in [0.717, 1.165) is 15.7 Å². The van der Waals surface area contributed by atoms with Crippen LogP contribution in [0, 0.1) is 0 Å². The highest BCUT2D eigenvalue weighted by Gasteiger charge is 2.05. The Labute approximate surface area is 136 Å². The number of para-hydroxylation sites is 1. The van der Waals surface area contributed by atoms with Crippen molar-refractivity contribution in [2.45, 2.75) is 6.54 Å². The van der Waals surface area contributed by atoms with E-state index < -0.39 is 0 Å². The molecule has 3 rings (SSSR count). The number of hydrogen-bond donors (Lipinski definition) is 2. The first-order valence-corrected chi connectivity index (χ1v) is 7.70. The molecule has 0 saturated heterocycles. The predicted octanol–water partition coefficient (Wildman–Crippen LogP) is 5.57.